The van der Waals surface area contributed by atoms with Gasteiger partial charge in [-0.05, 0) is 72.8 Å². The van der Waals surface area contributed by atoms with E-state index in [1.54, 1.807) is 30.7 Å². The van der Waals surface area contributed by atoms with Crippen LogP contribution < -0.4 is 9.80 Å². The summed E-state index contributed by atoms with van der Waals surface area (Å²) >= 11 is 1.67. The first-order valence-electron chi connectivity index (χ1n) is 9.98. The van der Waals surface area contributed by atoms with Crippen LogP contribution in [-0.2, 0) is 17.4 Å². The molecule has 0 radical (unpaired) electrons. The van der Waals surface area contributed by atoms with Crippen molar-refractivity contribution in [1.29, 1.82) is 0 Å². The van der Waals surface area contributed by atoms with E-state index in [0.717, 1.165) is 36.6 Å². The highest BCUT2D eigenvalue weighted by Gasteiger charge is 2.32. The molecule has 4 rings (SSSR count). The van der Waals surface area contributed by atoms with Gasteiger partial charge in [-0.25, -0.2) is 4.31 Å². The van der Waals surface area contributed by atoms with Crippen LogP contribution in [0.5, 0.6) is 0 Å². The van der Waals surface area contributed by atoms with E-state index < -0.39 is 11.7 Å². The Labute approximate surface area is 178 Å². The molecule has 0 unspecified atom stereocenters. The number of rotatable bonds is 3. The largest absolute Gasteiger partial charge is 0.416 e. The van der Waals surface area contributed by atoms with Crippen molar-refractivity contribution in [3.8, 4) is 0 Å². The number of benzene rings is 2. The van der Waals surface area contributed by atoms with Crippen molar-refractivity contribution in [2.75, 3.05) is 42.5 Å². The smallest absolute Gasteiger partial charge is 0.369 e. The number of anilines is 2. The van der Waals surface area contributed by atoms with E-state index in [0.29, 0.717) is 24.3 Å². The van der Waals surface area contributed by atoms with E-state index in [1.165, 1.54) is 17.7 Å². The molecule has 30 heavy (non-hydrogen) atoms. The highest BCUT2D eigenvalue weighted by Crippen LogP contribution is 2.35. The number of hydrogen-bond donors (Lipinski definition) is 0. The Kier molecular flexibility index (Phi) is 5.72. The minimum absolute atomic E-state index is 0.0649. The molecule has 0 aromatic heterocycles. The van der Waals surface area contributed by atoms with E-state index in [2.05, 4.69) is 10.4 Å². The zero-order valence-corrected chi connectivity index (χ0v) is 17.8. The van der Waals surface area contributed by atoms with Crippen molar-refractivity contribution in [2.45, 2.75) is 31.3 Å². The zero-order valence-electron chi connectivity index (χ0n) is 17.0. The number of amides is 1. The van der Waals surface area contributed by atoms with Crippen LogP contribution in [0.2, 0.25) is 0 Å². The maximum atomic E-state index is 13.1. The van der Waals surface area contributed by atoms with E-state index in [1.807, 2.05) is 23.1 Å². The Morgan fingerprint density at radius 1 is 1.00 bits per heavy atom. The molecule has 2 aliphatic heterocycles. The van der Waals surface area contributed by atoms with Gasteiger partial charge in [0.2, 0.25) is 5.91 Å². The predicted octanol–water partition coefficient (Wildman–Crippen LogP) is 4.75. The van der Waals surface area contributed by atoms with Crippen LogP contribution in [0.3, 0.4) is 0 Å². The number of aryl methyl sites for hydroxylation is 1. The van der Waals surface area contributed by atoms with Crippen molar-refractivity contribution in [2.24, 2.45) is 0 Å². The van der Waals surface area contributed by atoms with Gasteiger partial charge in [-0.2, -0.15) is 13.2 Å². The standard InChI is InChI=1S/C22H24F3N3OS/c1-15-11-18(22(23,24)25)14-19(12-15)26-7-9-27(10-8-26)30-20-3-4-21-17(13-20)5-6-28(21)16(2)29/h3-4,11-14H,5-10H2,1-2H3. The van der Waals surface area contributed by atoms with Crippen LogP contribution in [0.15, 0.2) is 41.3 Å². The maximum Gasteiger partial charge on any atom is 0.416 e. The summed E-state index contributed by atoms with van der Waals surface area (Å²) in [5.41, 5.74) is 2.85. The van der Waals surface area contributed by atoms with Crippen LogP contribution >= 0.6 is 11.9 Å². The molecule has 4 nitrogen and oxygen atoms in total. The Balaban J connectivity index is 1.39. The molecule has 160 valence electrons. The quantitative estimate of drug-likeness (QED) is 0.650. The van der Waals surface area contributed by atoms with Crippen LogP contribution in [0, 0.1) is 6.92 Å². The van der Waals surface area contributed by atoms with Crippen molar-refractivity contribution in [1.82, 2.24) is 4.31 Å². The lowest BCUT2D eigenvalue weighted by Crippen LogP contribution is -2.43. The molecule has 1 amide bonds. The normalized spacial score (nSPS) is 17.4. The van der Waals surface area contributed by atoms with Gasteiger partial charge < -0.3 is 9.80 Å². The monoisotopic (exact) mass is 435 g/mol. The van der Waals surface area contributed by atoms with Gasteiger partial charge in [0.25, 0.3) is 0 Å². The molecule has 2 aromatic rings. The molecule has 0 saturated carbocycles. The number of halogens is 3. The molecule has 0 bridgehead atoms. The van der Waals surface area contributed by atoms with E-state index in [4.69, 9.17) is 0 Å². The third-order valence-corrected chi connectivity index (χ3v) is 6.64. The SMILES string of the molecule is CC(=O)N1CCc2cc(SN3CCN(c4cc(C)cc(C(F)(F)F)c4)CC3)ccc21. The second kappa shape index (κ2) is 8.15. The number of carbonyl (C=O) groups is 1. The molecule has 1 saturated heterocycles. The number of alkyl halides is 3. The lowest BCUT2D eigenvalue weighted by atomic mass is 10.1. The third kappa shape index (κ3) is 4.44. The van der Waals surface area contributed by atoms with Gasteiger partial charge in [-0.1, -0.05) is 0 Å². The fourth-order valence-electron chi connectivity index (χ4n) is 4.06. The van der Waals surface area contributed by atoms with Crippen molar-refractivity contribution in [3.05, 3.63) is 53.1 Å². The van der Waals surface area contributed by atoms with Gasteiger partial charge in [-0.15, -0.1) is 0 Å². The molecule has 0 spiro atoms. The first kappa shape index (κ1) is 21.1. The topological polar surface area (TPSA) is 26.8 Å². The van der Waals surface area contributed by atoms with Gasteiger partial charge in [0.1, 0.15) is 0 Å². The Morgan fingerprint density at radius 2 is 1.73 bits per heavy atom. The van der Waals surface area contributed by atoms with Gasteiger partial charge in [0.15, 0.2) is 0 Å². The zero-order chi connectivity index (χ0) is 21.5. The summed E-state index contributed by atoms with van der Waals surface area (Å²) in [6, 6.07) is 10.4. The fraction of sp³-hybridized carbons (Fsp3) is 0.409. The first-order chi connectivity index (χ1) is 14.2. The van der Waals surface area contributed by atoms with Gasteiger partial charge in [-0.3, -0.25) is 4.79 Å². The highest BCUT2D eigenvalue weighted by atomic mass is 32.2. The molecule has 0 N–H and O–H groups in total. The molecule has 1 fully saturated rings. The van der Waals surface area contributed by atoms with Crippen molar-refractivity contribution >= 4 is 29.2 Å². The summed E-state index contributed by atoms with van der Waals surface area (Å²) < 4.78 is 41.6. The summed E-state index contributed by atoms with van der Waals surface area (Å²) in [6.07, 6.45) is -3.46. The van der Waals surface area contributed by atoms with E-state index >= 15 is 0 Å². The molecule has 2 aromatic carbocycles. The Morgan fingerprint density at radius 3 is 2.40 bits per heavy atom. The molecule has 2 heterocycles. The second-order valence-electron chi connectivity index (χ2n) is 7.77. The van der Waals surface area contributed by atoms with E-state index in [-0.39, 0.29) is 5.91 Å². The number of nitrogens with zero attached hydrogens (tertiary/aromatic N) is 3. The van der Waals surface area contributed by atoms with Crippen molar-refractivity contribution in [3.63, 3.8) is 0 Å². The fourth-order valence-corrected chi connectivity index (χ4v) is 5.03. The van der Waals surface area contributed by atoms with Crippen molar-refractivity contribution < 1.29 is 18.0 Å². The van der Waals surface area contributed by atoms with Crippen LogP contribution in [0.4, 0.5) is 24.5 Å². The lowest BCUT2D eigenvalue weighted by Gasteiger charge is -2.35. The summed E-state index contributed by atoms with van der Waals surface area (Å²) in [5, 5.41) is 0. The highest BCUT2D eigenvalue weighted by molar-refractivity contribution is 7.97. The lowest BCUT2D eigenvalue weighted by molar-refractivity contribution is -0.137. The van der Waals surface area contributed by atoms with Crippen LogP contribution in [-0.4, -0.2) is 42.9 Å². The van der Waals surface area contributed by atoms with Gasteiger partial charge in [0.05, 0.1) is 5.56 Å². The molecule has 0 atom stereocenters. The maximum absolute atomic E-state index is 13.1. The average molecular weight is 436 g/mol. The first-order valence-corrected chi connectivity index (χ1v) is 10.8. The average Bonchev–Trinajstić information content (AvgIpc) is 3.11. The van der Waals surface area contributed by atoms with Gasteiger partial charge >= 0.3 is 6.18 Å². The summed E-state index contributed by atoms with van der Waals surface area (Å²) in [4.78, 5) is 16.7. The molecule has 8 heteroatoms. The third-order valence-electron chi connectivity index (χ3n) is 5.55. The number of fused-ring (bicyclic) bond motifs is 1. The minimum Gasteiger partial charge on any atom is -0.369 e. The molecular weight excluding hydrogens is 411 g/mol. The van der Waals surface area contributed by atoms with Gasteiger partial charge in [0, 0.05) is 55.9 Å². The number of hydrogen-bond acceptors (Lipinski definition) is 4. The van der Waals surface area contributed by atoms with Crippen LogP contribution in [0.1, 0.15) is 23.6 Å². The number of piperazine rings is 1. The number of carbonyl (C=O) groups excluding carboxylic acids is 1. The van der Waals surface area contributed by atoms with E-state index in [9.17, 15) is 18.0 Å². The Bertz CT molecular complexity index is 955. The molecular formula is C22H24F3N3OS. The minimum atomic E-state index is -4.33. The second-order valence-corrected chi connectivity index (χ2v) is 8.94. The Hall–Kier alpha value is -2.19. The van der Waals surface area contributed by atoms with Crippen LogP contribution in [0.25, 0.3) is 0 Å². The summed E-state index contributed by atoms with van der Waals surface area (Å²) in [5.74, 6) is 0.0649. The summed E-state index contributed by atoms with van der Waals surface area (Å²) in [7, 11) is 0. The molecule has 2 aliphatic rings. The molecule has 0 aliphatic carbocycles. The predicted molar refractivity (Wildman–Crippen MR) is 114 cm³/mol. The summed E-state index contributed by atoms with van der Waals surface area (Å²) in [6.45, 7) is 6.89.